The molecule has 0 spiro atoms. The molecule has 0 amide bonds. The first-order valence-electron chi connectivity index (χ1n) is 42.9. The quantitative estimate of drug-likeness (QED) is 0.0171. The van der Waals surface area contributed by atoms with Crippen LogP contribution in [0, 0.1) is 62.3 Å². The summed E-state index contributed by atoms with van der Waals surface area (Å²) in [6, 6.07) is 35.9. The van der Waals surface area contributed by atoms with Crippen LogP contribution in [0.5, 0.6) is 5.75 Å². The molecule has 0 saturated carbocycles. The molecule has 0 unspecified atom stereocenters. The highest BCUT2D eigenvalue weighted by atomic mass is 32.1. The number of fused-ring (bicyclic) bond motifs is 1. The molecule has 10 aromatic heterocycles. The maximum Gasteiger partial charge on any atom is 0.335 e. The van der Waals surface area contributed by atoms with Crippen molar-refractivity contribution in [1.29, 1.82) is 0 Å². The van der Waals surface area contributed by atoms with Gasteiger partial charge in [0, 0.05) is 106 Å². The van der Waals surface area contributed by atoms with Crippen molar-refractivity contribution in [3.05, 3.63) is 327 Å². The minimum Gasteiger partial charge on any atom is -0.495 e. The number of carbonyl (C=O) groups is 5. The van der Waals surface area contributed by atoms with E-state index < -0.39 is 29.8 Å². The van der Waals surface area contributed by atoms with E-state index in [2.05, 4.69) is 126 Å². The number of allylic oxidation sites excluding steroid dienone is 5. The highest BCUT2D eigenvalue weighted by molar-refractivity contribution is 7.11. The molecule has 0 bridgehead atoms. The molecule has 10 N–H and O–H groups in total. The average Bonchev–Trinajstić information content (AvgIpc) is 1.72. The van der Waals surface area contributed by atoms with E-state index in [0.29, 0.717) is 107 Å². The summed E-state index contributed by atoms with van der Waals surface area (Å²) >= 11 is 7.77. The third-order valence-electron chi connectivity index (χ3n) is 20.7. The highest BCUT2D eigenvalue weighted by Gasteiger charge is 2.24. The number of thiazole rings is 5. The first-order valence-corrected chi connectivity index (χ1v) is 47.3. The molecule has 138 heavy (non-hydrogen) atoms. The number of hydrogen-bond acceptors (Lipinski definition) is 31. The summed E-state index contributed by atoms with van der Waals surface area (Å²) in [5, 5.41) is 78.2. The molecule has 10 heterocycles. The number of ether oxygens (including phenoxy) is 1. The summed E-state index contributed by atoms with van der Waals surface area (Å²) in [5.74, 6) is 1.90. The van der Waals surface area contributed by atoms with Crippen LogP contribution in [0.4, 0.5) is 57.5 Å². The Bertz CT molecular complexity index is 7210. The van der Waals surface area contributed by atoms with Gasteiger partial charge in [0.2, 0.25) is 0 Å². The van der Waals surface area contributed by atoms with Crippen LogP contribution in [0.15, 0.2) is 218 Å². The second kappa shape index (κ2) is 47.3. The van der Waals surface area contributed by atoms with Gasteiger partial charge in [0.05, 0.1) is 66.5 Å². The summed E-state index contributed by atoms with van der Waals surface area (Å²) in [7, 11) is 1.49. The minimum atomic E-state index is -1.02. The predicted molar refractivity (Wildman–Crippen MR) is 549 cm³/mol. The molecule has 0 aliphatic carbocycles. The zero-order valence-corrected chi connectivity index (χ0v) is 81.4. The van der Waals surface area contributed by atoms with Gasteiger partial charge in [-0.15, -0.1) is 89.6 Å². The second-order valence-electron chi connectivity index (χ2n) is 30.7. The van der Waals surface area contributed by atoms with Gasteiger partial charge in [-0.3, -0.25) is 4.79 Å². The number of carboxylic acid groups (broad SMARTS) is 5. The Morgan fingerprint density at radius 3 is 0.928 bits per heavy atom. The van der Waals surface area contributed by atoms with Crippen molar-refractivity contribution in [2.75, 3.05) is 33.7 Å². The Balaban J connectivity index is 0.000000155. The fourth-order valence-electron chi connectivity index (χ4n) is 13.9. The van der Waals surface area contributed by atoms with Gasteiger partial charge in [-0.25, -0.2) is 93.9 Å². The lowest BCUT2D eigenvalue weighted by atomic mass is 10.1. The minimum absolute atomic E-state index is 0.00192. The highest BCUT2D eigenvalue weighted by Crippen LogP contribution is 2.37. The molecule has 0 aliphatic rings. The van der Waals surface area contributed by atoms with Gasteiger partial charge in [-0.2, -0.15) is 0 Å². The summed E-state index contributed by atoms with van der Waals surface area (Å²) in [6.07, 6.45) is 12.9. The molecule has 6 aromatic carbocycles. The van der Waals surface area contributed by atoms with Crippen molar-refractivity contribution in [3.8, 4) is 63.3 Å². The summed E-state index contributed by atoms with van der Waals surface area (Å²) in [5.41, 5.74) is 18.3. The molecule has 0 saturated heterocycles. The number of carboxylic acids is 5. The van der Waals surface area contributed by atoms with E-state index in [1.54, 1.807) is 136 Å². The van der Waals surface area contributed by atoms with E-state index in [1.165, 1.54) is 30.6 Å². The number of nitrogens with one attached hydrogen (secondary N) is 5. The lowest BCUT2D eigenvalue weighted by Gasteiger charge is -2.16. The number of aromatic nitrogens is 15. The van der Waals surface area contributed by atoms with E-state index in [9.17, 15) is 34.2 Å². The standard InChI is InChI=1S/C23H20N4O2S.C20H20N4O3S.2C20H20N4O2S.C19H18N4O2S/c1-4-5-19-13(2)24-22(20-12-30-14(3)25-20)27-21(19)26-18-9-8-15-10-17(23(28)29)7-6-16(15)11-18;1-5-6-14-11(2)21-19(16-10-28-12(3)22-16)24-18(14)23-15-8-7-13(20(25)26)9-17(15)27-4;1-4-5-16-12(2)21-20(17-11-27-13(3)22-17)24-19(16)23-15-8-6-14(7-9-15)10-18(25)26;1-4-6-15-16(5-2)23-19(17-11-27-12(3)21-17)24-18(15)22-14-9-7-13(8-10-14)20(25)26;1-4-5-15-11(2)20-18(16-10-26-12(3)21-16)23-17(15)22-14-8-6-13(7-9-14)19(24)25/h4,6-12H,1,5H2,2-3H3,(H,28,29)(H,24,26,27);5,7-10H,1,6H2,2-4H3,(H,25,26)(H,21,23,24);4,6-9,11H,1,5,10H2,2-3H3,(H,25,26)(H,21,23,24);4,7-11H,1,5-6H2,2-3H3,(H,25,26)(H,22,23,24);4,6-10H,1,5H2,2-3H3,(H,24,25)(H,20,22,23). The molecule has 31 nitrogen and oxygen atoms in total. The predicted octanol–water partition coefficient (Wildman–Crippen LogP) is 23.3. The van der Waals surface area contributed by atoms with Crippen LogP contribution in [0.2, 0.25) is 0 Å². The van der Waals surface area contributed by atoms with Gasteiger partial charge >= 0.3 is 29.8 Å². The van der Waals surface area contributed by atoms with Gasteiger partial charge in [0.25, 0.3) is 0 Å². The summed E-state index contributed by atoms with van der Waals surface area (Å²) < 4.78 is 5.36. The van der Waals surface area contributed by atoms with Crippen LogP contribution < -0.4 is 31.3 Å². The van der Waals surface area contributed by atoms with Gasteiger partial charge in [-0.1, -0.05) is 61.6 Å². The Kier molecular flexibility index (Phi) is 34.6. The van der Waals surface area contributed by atoms with Crippen molar-refractivity contribution in [2.24, 2.45) is 0 Å². The number of anilines is 10. The van der Waals surface area contributed by atoms with E-state index in [1.807, 2.05) is 144 Å². The largest absolute Gasteiger partial charge is 0.495 e. The topological polar surface area (TPSA) is 449 Å². The van der Waals surface area contributed by atoms with Crippen LogP contribution in [0.1, 0.15) is 135 Å². The number of aromatic carboxylic acids is 4. The first kappa shape index (κ1) is 101. The molecule has 0 aliphatic heterocycles. The van der Waals surface area contributed by atoms with E-state index in [4.69, 9.17) is 35.0 Å². The van der Waals surface area contributed by atoms with Crippen LogP contribution in [-0.2, 0) is 49.7 Å². The van der Waals surface area contributed by atoms with Crippen molar-refractivity contribution >= 4 is 155 Å². The van der Waals surface area contributed by atoms with Gasteiger partial charge < -0.3 is 56.9 Å². The number of benzene rings is 6. The lowest BCUT2D eigenvalue weighted by molar-refractivity contribution is -0.136. The van der Waals surface area contributed by atoms with Crippen LogP contribution in [-0.4, -0.2) is 137 Å². The monoisotopic (exact) mass is 1940 g/mol. The Morgan fingerprint density at radius 2 is 0.609 bits per heavy atom. The first-order chi connectivity index (χ1) is 66.3. The summed E-state index contributed by atoms with van der Waals surface area (Å²) in [6.45, 7) is 38.7. The van der Waals surface area contributed by atoms with Crippen molar-refractivity contribution in [3.63, 3.8) is 0 Å². The third-order valence-corrected chi connectivity index (χ3v) is 24.5. The Labute approximate surface area is 816 Å². The zero-order chi connectivity index (χ0) is 99.0. The van der Waals surface area contributed by atoms with Crippen LogP contribution in [0.25, 0.3) is 68.4 Å². The molecule has 0 fully saturated rings. The maximum absolute atomic E-state index is 11.2. The number of hydrogen-bond donors (Lipinski definition) is 10. The van der Waals surface area contributed by atoms with Gasteiger partial charge in [0.1, 0.15) is 63.3 Å². The number of rotatable bonds is 33. The molecular weight excluding hydrogens is 1840 g/mol. The fourth-order valence-corrected chi connectivity index (χ4v) is 16.8. The normalized spacial score (nSPS) is 10.6. The smallest absolute Gasteiger partial charge is 0.335 e. The SMILES string of the molecule is C=CCc1c(C)nc(-c2csc(C)n2)nc1Nc1ccc(C(=O)O)cc1.C=CCc1c(C)nc(-c2csc(C)n2)nc1Nc1ccc(C(=O)O)cc1OC.C=CCc1c(C)nc(-c2csc(C)n2)nc1Nc1ccc(CC(=O)O)cc1.C=CCc1c(C)nc(-c2csc(C)n2)nc1Nc1ccc2cc(C(=O)O)ccc2c1.C=CCc1c(CC)nc(-c2csc(C)n2)nc1Nc1ccc(C(=O)O)cc1. The molecule has 16 aromatic rings. The number of aliphatic carboxylic acids is 1. The second-order valence-corrected chi connectivity index (χ2v) is 36.0. The van der Waals surface area contributed by atoms with Crippen molar-refractivity contribution in [2.45, 2.75) is 114 Å². The number of nitrogens with zero attached hydrogens (tertiary/aromatic N) is 15. The Morgan fingerprint density at radius 1 is 0.326 bits per heavy atom. The van der Waals surface area contributed by atoms with Gasteiger partial charge in [-0.05, 0) is 220 Å². The van der Waals surface area contributed by atoms with Crippen LogP contribution in [0.3, 0.4) is 0 Å². The van der Waals surface area contributed by atoms with Gasteiger partial charge in [0.15, 0.2) is 29.1 Å². The maximum atomic E-state index is 11.2. The number of methoxy groups -OCH3 is 1. The lowest BCUT2D eigenvalue weighted by Crippen LogP contribution is -2.07. The van der Waals surface area contributed by atoms with E-state index >= 15 is 0 Å². The molecule has 0 radical (unpaired) electrons. The molecule has 16 rings (SSSR count). The van der Waals surface area contributed by atoms with Crippen molar-refractivity contribution < 1.29 is 54.2 Å². The molecular formula is C102H98N20O11S5. The fraction of sp³-hybridized carbons (Fsp3) is 0.176. The van der Waals surface area contributed by atoms with E-state index in [-0.39, 0.29) is 28.7 Å². The van der Waals surface area contributed by atoms with E-state index in [0.717, 1.165) is 150 Å². The number of aryl methyl sites for hydroxylation is 10. The molecule has 36 heteroatoms. The average molecular weight is 1940 g/mol. The molecule has 702 valence electrons. The zero-order valence-electron chi connectivity index (χ0n) is 77.3. The third kappa shape index (κ3) is 26.5. The molecule has 0 atom stereocenters. The van der Waals surface area contributed by atoms with Crippen LogP contribution >= 0.6 is 56.7 Å². The Hall–Kier alpha value is -16.0. The van der Waals surface area contributed by atoms with Crippen molar-refractivity contribution in [1.82, 2.24) is 74.8 Å². The summed E-state index contributed by atoms with van der Waals surface area (Å²) in [4.78, 5) is 124.